The van der Waals surface area contributed by atoms with E-state index in [9.17, 15) is 14.7 Å². The quantitative estimate of drug-likeness (QED) is 0.259. The van der Waals surface area contributed by atoms with Gasteiger partial charge >= 0.3 is 0 Å². The summed E-state index contributed by atoms with van der Waals surface area (Å²) in [4.78, 5) is 32.1. The molecule has 1 amide bonds. The zero-order valence-electron chi connectivity index (χ0n) is 20.9. The molecule has 1 N–H and O–H groups in total. The summed E-state index contributed by atoms with van der Waals surface area (Å²) >= 11 is 0. The van der Waals surface area contributed by atoms with Crippen LogP contribution < -0.4 is 14.4 Å². The lowest BCUT2D eigenvalue weighted by Gasteiger charge is -2.25. The standard InChI is InChI=1S/C29H30N2O5/c1-5-35-23-9-7-22(8-10-23)31-26(20-12-14-30-15-13-20)25(28(33)29(31)34)27(32)21-6-11-24(19(4)16-21)36-17-18(2)3/h6-16,18,26,32H,5,17H2,1-4H3/b27-25-. The number of rotatable bonds is 8. The average molecular weight is 487 g/mol. The summed E-state index contributed by atoms with van der Waals surface area (Å²) in [6.45, 7) is 8.99. The van der Waals surface area contributed by atoms with E-state index in [0.717, 1.165) is 5.56 Å². The van der Waals surface area contributed by atoms with Crippen molar-refractivity contribution < 1.29 is 24.2 Å². The van der Waals surface area contributed by atoms with Crippen LogP contribution in [0.15, 0.2) is 72.6 Å². The molecule has 7 heteroatoms. The van der Waals surface area contributed by atoms with Gasteiger partial charge in [0.25, 0.3) is 11.7 Å². The predicted molar refractivity (Wildman–Crippen MR) is 138 cm³/mol. The van der Waals surface area contributed by atoms with Gasteiger partial charge in [0.05, 0.1) is 24.8 Å². The summed E-state index contributed by atoms with van der Waals surface area (Å²) in [7, 11) is 0. The Morgan fingerprint density at radius 3 is 2.33 bits per heavy atom. The van der Waals surface area contributed by atoms with Gasteiger partial charge < -0.3 is 14.6 Å². The van der Waals surface area contributed by atoms with Crippen molar-refractivity contribution in [2.75, 3.05) is 18.1 Å². The monoisotopic (exact) mass is 486 g/mol. The number of ketones is 1. The molecule has 0 radical (unpaired) electrons. The van der Waals surface area contributed by atoms with Crippen LogP contribution in [0.25, 0.3) is 5.76 Å². The highest BCUT2D eigenvalue weighted by molar-refractivity contribution is 6.51. The van der Waals surface area contributed by atoms with E-state index in [1.165, 1.54) is 4.90 Å². The number of hydrogen-bond donors (Lipinski definition) is 1. The highest BCUT2D eigenvalue weighted by Crippen LogP contribution is 2.42. The van der Waals surface area contributed by atoms with Gasteiger partial charge in [0.1, 0.15) is 17.3 Å². The van der Waals surface area contributed by atoms with E-state index in [1.54, 1.807) is 67.0 Å². The van der Waals surface area contributed by atoms with Crippen molar-refractivity contribution in [1.82, 2.24) is 4.98 Å². The van der Waals surface area contributed by atoms with Crippen molar-refractivity contribution in [2.45, 2.75) is 33.7 Å². The number of ether oxygens (including phenoxy) is 2. The Labute approximate surface area is 211 Å². The molecule has 1 aliphatic heterocycles. The van der Waals surface area contributed by atoms with Gasteiger partial charge in [-0.2, -0.15) is 0 Å². The third kappa shape index (κ3) is 4.96. The lowest BCUT2D eigenvalue weighted by Crippen LogP contribution is -2.29. The van der Waals surface area contributed by atoms with Crippen molar-refractivity contribution in [1.29, 1.82) is 0 Å². The van der Waals surface area contributed by atoms with Crippen LogP contribution >= 0.6 is 0 Å². The highest BCUT2D eigenvalue weighted by atomic mass is 16.5. The van der Waals surface area contributed by atoms with E-state index in [2.05, 4.69) is 18.8 Å². The van der Waals surface area contributed by atoms with Gasteiger partial charge in [-0.3, -0.25) is 19.5 Å². The van der Waals surface area contributed by atoms with Crippen molar-refractivity contribution in [2.24, 2.45) is 5.92 Å². The van der Waals surface area contributed by atoms with Crippen LogP contribution in [0, 0.1) is 12.8 Å². The second kappa shape index (κ2) is 10.6. The molecule has 36 heavy (non-hydrogen) atoms. The van der Waals surface area contributed by atoms with Crippen molar-refractivity contribution in [3.63, 3.8) is 0 Å². The molecule has 0 spiro atoms. The normalized spacial score (nSPS) is 17.0. The van der Waals surface area contributed by atoms with Gasteiger partial charge in [-0.1, -0.05) is 13.8 Å². The van der Waals surface area contributed by atoms with E-state index in [-0.39, 0.29) is 11.3 Å². The first-order chi connectivity index (χ1) is 17.3. The minimum atomic E-state index is -0.817. The molecule has 4 rings (SSSR count). The zero-order valence-corrected chi connectivity index (χ0v) is 20.9. The van der Waals surface area contributed by atoms with Crippen LogP contribution in [0.4, 0.5) is 5.69 Å². The molecule has 0 bridgehead atoms. The van der Waals surface area contributed by atoms with Crippen molar-refractivity contribution in [3.05, 3.63) is 89.3 Å². The average Bonchev–Trinajstić information content (AvgIpc) is 3.14. The molecule has 7 nitrogen and oxygen atoms in total. The van der Waals surface area contributed by atoms with Crippen LogP contribution in [-0.2, 0) is 9.59 Å². The molecule has 0 aliphatic carbocycles. The summed E-state index contributed by atoms with van der Waals surface area (Å²) < 4.78 is 11.4. The summed E-state index contributed by atoms with van der Waals surface area (Å²) in [5.41, 5.74) is 2.47. The number of nitrogens with zero attached hydrogens (tertiary/aromatic N) is 2. The first kappa shape index (κ1) is 25.0. The molecular weight excluding hydrogens is 456 g/mol. The number of hydrogen-bond acceptors (Lipinski definition) is 6. The van der Waals surface area contributed by atoms with Crippen LogP contribution in [0.5, 0.6) is 11.5 Å². The van der Waals surface area contributed by atoms with E-state index in [4.69, 9.17) is 9.47 Å². The summed E-state index contributed by atoms with van der Waals surface area (Å²) in [5.74, 6) is 0.0463. The summed E-state index contributed by atoms with van der Waals surface area (Å²) in [5, 5.41) is 11.4. The third-order valence-corrected chi connectivity index (χ3v) is 5.91. The number of benzene rings is 2. The second-order valence-corrected chi connectivity index (χ2v) is 9.06. The van der Waals surface area contributed by atoms with Gasteiger partial charge in [-0.15, -0.1) is 0 Å². The fraction of sp³-hybridized carbons (Fsp3) is 0.276. The first-order valence-electron chi connectivity index (χ1n) is 12.0. The number of Topliss-reactive ketones (excluding diaryl/α,β-unsaturated/α-hetero) is 1. The fourth-order valence-corrected chi connectivity index (χ4v) is 4.20. The molecule has 0 saturated carbocycles. The van der Waals surface area contributed by atoms with E-state index < -0.39 is 17.7 Å². The minimum Gasteiger partial charge on any atom is -0.507 e. The van der Waals surface area contributed by atoms with E-state index in [0.29, 0.717) is 47.4 Å². The van der Waals surface area contributed by atoms with Gasteiger partial charge in [0.15, 0.2) is 0 Å². The maximum Gasteiger partial charge on any atom is 0.300 e. The van der Waals surface area contributed by atoms with E-state index >= 15 is 0 Å². The molecule has 186 valence electrons. The van der Waals surface area contributed by atoms with Crippen molar-refractivity contribution >= 4 is 23.1 Å². The maximum atomic E-state index is 13.3. The Hall–Kier alpha value is -4.13. The molecule has 2 heterocycles. The Balaban J connectivity index is 1.80. The maximum absolute atomic E-state index is 13.3. The molecule has 1 unspecified atom stereocenters. The van der Waals surface area contributed by atoms with Gasteiger partial charge in [-0.25, -0.2) is 0 Å². The van der Waals surface area contributed by atoms with Gasteiger partial charge in [-0.05, 0) is 85.5 Å². The molecule has 1 saturated heterocycles. The van der Waals surface area contributed by atoms with Crippen LogP contribution in [0.2, 0.25) is 0 Å². The number of anilines is 1. The zero-order chi connectivity index (χ0) is 25.8. The van der Waals surface area contributed by atoms with Gasteiger partial charge in [0, 0.05) is 23.6 Å². The third-order valence-electron chi connectivity index (χ3n) is 5.91. The first-order valence-corrected chi connectivity index (χ1v) is 12.0. The SMILES string of the molecule is CCOc1ccc(N2C(=O)C(=O)/C(=C(\O)c3ccc(OCC(C)C)c(C)c3)C2c2ccncc2)cc1. The molecule has 3 aromatic rings. The van der Waals surface area contributed by atoms with Crippen LogP contribution in [0.3, 0.4) is 0 Å². The number of carbonyl (C=O) groups is 2. The summed E-state index contributed by atoms with van der Waals surface area (Å²) in [6, 6.07) is 14.9. The Morgan fingerprint density at radius 2 is 1.72 bits per heavy atom. The predicted octanol–water partition coefficient (Wildman–Crippen LogP) is 5.45. The Morgan fingerprint density at radius 1 is 1.03 bits per heavy atom. The molecule has 1 atom stereocenters. The highest BCUT2D eigenvalue weighted by Gasteiger charge is 2.47. The van der Waals surface area contributed by atoms with Crippen molar-refractivity contribution in [3.8, 4) is 11.5 Å². The number of aliphatic hydroxyl groups is 1. The Kier molecular flexibility index (Phi) is 7.38. The van der Waals surface area contributed by atoms with Crippen LogP contribution in [0.1, 0.15) is 43.5 Å². The topological polar surface area (TPSA) is 89.0 Å². The number of pyridine rings is 1. The largest absolute Gasteiger partial charge is 0.507 e. The second-order valence-electron chi connectivity index (χ2n) is 9.06. The minimum absolute atomic E-state index is 0.0235. The molecule has 1 fully saturated rings. The fourth-order valence-electron chi connectivity index (χ4n) is 4.20. The molecular formula is C29H30N2O5. The molecule has 2 aromatic carbocycles. The number of aryl methyl sites for hydroxylation is 1. The van der Waals surface area contributed by atoms with Gasteiger partial charge in [0.2, 0.25) is 0 Å². The lowest BCUT2D eigenvalue weighted by atomic mass is 9.95. The Bertz CT molecular complexity index is 1280. The smallest absolute Gasteiger partial charge is 0.300 e. The number of aliphatic hydroxyl groups excluding tert-OH is 1. The lowest BCUT2D eigenvalue weighted by molar-refractivity contribution is -0.132. The van der Waals surface area contributed by atoms with Crippen LogP contribution in [-0.4, -0.2) is 35.0 Å². The number of amides is 1. The summed E-state index contributed by atoms with van der Waals surface area (Å²) in [6.07, 6.45) is 3.19. The number of aromatic nitrogens is 1. The molecule has 1 aliphatic rings. The molecule has 1 aromatic heterocycles. The number of carbonyl (C=O) groups excluding carboxylic acids is 2. The van der Waals surface area contributed by atoms with E-state index in [1.807, 2.05) is 13.8 Å².